The Bertz CT molecular complexity index is 97.8. The Labute approximate surface area is 121 Å². The van der Waals surface area contributed by atoms with E-state index in [9.17, 15) is 0 Å². The van der Waals surface area contributed by atoms with Crippen LogP contribution in [0.5, 0.6) is 0 Å². The third-order valence-electron chi connectivity index (χ3n) is 2.72. The van der Waals surface area contributed by atoms with Crippen molar-refractivity contribution in [2.45, 2.75) is 75.6 Å². The molecule has 0 aromatic heterocycles. The fourth-order valence-electron chi connectivity index (χ4n) is 1.74. The summed E-state index contributed by atoms with van der Waals surface area (Å²) in [6.45, 7) is 2.28. The molecule has 3 heteroatoms. The van der Waals surface area contributed by atoms with Gasteiger partial charge in [-0.25, -0.2) is 0 Å². The molecule has 0 saturated heterocycles. The minimum atomic E-state index is -0.314. The van der Waals surface area contributed by atoms with Gasteiger partial charge in [0.2, 0.25) is 0 Å². The van der Waals surface area contributed by atoms with Gasteiger partial charge in [-0.2, -0.15) is 0 Å². The zero-order chi connectivity index (χ0) is 11.2. The summed E-state index contributed by atoms with van der Waals surface area (Å²) >= 11 is 0.727. The van der Waals surface area contributed by atoms with E-state index in [0.29, 0.717) is 0 Å². The van der Waals surface area contributed by atoms with E-state index in [2.05, 4.69) is 6.92 Å². The first-order valence-electron chi connectivity index (χ1n) is 6.50. The Kier molecular flexibility index (Phi) is 17.2. The first-order chi connectivity index (χ1) is 7.41. The summed E-state index contributed by atoms with van der Waals surface area (Å²) < 4.78 is 6.77. The Morgan fingerprint density at radius 3 is 1.73 bits per heavy atom. The standard InChI is InChI=1S/C12H25.O.2Sn.H/c1-3-5-7-9-11-12-10-8-6-4-2;;;;/h1,3-12H2,2H3;;;;. The van der Waals surface area contributed by atoms with Gasteiger partial charge in [0.15, 0.2) is 0 Å². The van der Waals surface area contributed by atoms with Crippen LogP contribution in [0.4, 0.5) is 0 Å². The second-order valence-corrected chi connectivity index (χ2v) is 11.6. The molecule has 0 aliphatic carbocycles. The molecule has 0 aromatic rings. The molecule has 0 aliphatic rings. The topological polar surface area (TPSA) is 9.23 Å². The van der Waals surface area contributed by atoms with Gasteiger partial charge >= 0.3 is 121 Å². The molecule has 0 aliphatic heterocycles. The molecule has 0 N–H and O–H groups in total. The Morgan fingerprint density at radius 2 is 1.27 bits per heavy atom. The molecule has 15 heavy (non-hydrogen) atoms. The van der Waals surface area contributed by atoms with Crippen LogP contribution < -0.4 is 0 Å². The van der Waals surface area contributed by atoms with Gasteiger partial charge in [0, 0.05) is 0 Å². The van der Waals surface area contributed by atoms with Crippen LogP contribution in [0.15, 0.2) is 0 Å². The van der Waals surface area contributed by atoms with Crippen molar-refractivity contribution >= 4 is 44.5 Å². The van der Waals surface area contributed by atoms with Crippen LogP contribution in [-0.4, -0.2) is 44.5 Å². The fourth-order valence-corrected chi connectivity index (χ4v) is 5.46. The van der Waals surface area contributed by atoms with Gasteiger partial charge < -0.3 is 0 Å². The quantitative estimate of drug-likeness (QED) is 0.343. The molecule has 0 rings (SSSR count). The normalized spacial score (nSPS) is 10.8. The molecular weight excluding hydrogens is 398 g/mol. The number of rotatable bonds is 12. The summed E-state index contributed by atoms with van der Waals surface area (Å²) in [7, 11) is 0. The van der Waals surface area contributed by atoms with Crippen LogP contribution in [0.1, 0.15) is 71.1 Å². The van der Waals surface area contributed by atoms with Crippen molar-refractivity contribution < 1.29 is 1.41 Å². The van der Waals surface area contributed by atoms with Crippen molar-refractivity contribution in [3.63, 3.8) is 0 Å². The van der Waals surface area contributed by atoms with Crippen LogP contribution in [-0.2, 0) is 1.41 Å². The zero-order valence-electron chi connectivity index (χ0n) is 10.3. The SMILES string of the molecule is CCCCCCCCCCC[CH2][Sn][O][SnH]. The minimum absolute atomic E-state index is 0.314. The van der Waals surface area contributed by atoms with Crippen LogP contribution in [0, 0.1) is 0 Å². The molecule has 0 saturated carbocycles. The number of hydrogen-bond donors (Lipinski definition) is 0. The first kappa shape index (κ1) is 16.6. The van der Waals surface area contributed by atoms with Gasteiger partial charge in [-0.05, 0) is 0 Å². The average Bonchev–Trinajstić information content (AvgIpc) is 2.26. The molecule has 0 bridgehead atoms. The van der Waals surface area contributed by atoms with Gasteiger partial charge in [-0.15, -0.1) is 0 Å². The van der Waals surface area contributed by atoms with Gasteiger partial charge in [-0.1, -0.05) is 0 Å². The van der Waals surface area contributed by atoms with Gasteiger partial charge in [0.05, 0.1) is 0 Å². The molecular formula is C12H26OSn2. The fraction of sp³-hybridized carbons (Fsp3) is 1.00. The predicted octanol–water partition coefficient (Wildman–Crippen LogP) is 3.78. The number of unbranched alkanes of at least 4 members (excludes halogenated alkanes) is 9. The molecule has 0 amide bonds. The van der Waals surface area contributed by atoms with E-state index in [4.69, 9.17) is 1.41 Å². The third kappa shape index (κ3) is 15.6. The van der Waals surface area contributed by atoms with Crippen molar-refractivity contribution in [1.29, 1.82) is 0 Å². The summed E-state index contributed by atoms with van der Waals surface area (Å²) in [6.07, 6.45) is 14.5. The van der Waals surface area contributed by atoms with Crippen molar-refractivity contribution in [1.82, 2.24) is 0 Å². The Morgan fingerprint density at radius 1 is 0.800 bits per heavy atom. The maximum absolute atomic E-state index is 5.32. The predicted molar refractivity (Wildman–Crippen MR) is 70.6 cm³/mol. The molecule has 88 valence electrons. The summed E-state index contributed by atoms with van der Waals surface area (Å²) in [5, 5.41) is 0. The monoisotopic (exact) mass is 426 g/mol. The van der Waals surface area contributed by atoms with Crippen molar-refractivity contribution in [2.75, 3.05) is 0 Å². The van der Waals surface area contributed by atoms with Crippen LogP contribution in [0.2, 0.25) is 4.44 Å². The van der Waals surface area contributed by atoms with Crippen LogP contribution in [0.25, 0.3) is 0 Å². The molecule has 0 atom stereocenters. The Hall–Kier alpha value is 1.56. The van der Waals surface area contributed by atoms with E-state index in [-0.39, 0.29) is 21.6 Å². The van der Waals surface area contributed by atoms with Crippen LogP contribution >= 0.6 is 0 Å². The van der Waals surface area contributed by atoms with Gasteiger partial charge in [0.1, 0.15) is 0 Å². The second-order valence-electron chi connectivity index (χ2n) is 4.19. The van der Waals surface area contributed by atoms with E-state index in [1.807, 2.05) is 0 Å². The van der Waals surface area contributed by atoms with Crippen molar-refractivity contribution in [3.8, 4) is 0 Å². The summed E-state index contributed by atoms with van der Waals surface area (Å²) in [6, 6.07) is 0. The molecule has 4 radical (unpaired) electrons. The second kappa shape index (κ2) is 15.6. The molecule has 0 fully saturated rings. The van der Waals surface area contributed by atoms with Crippen LogP contribution in [0.3, 0.4) is 0 Å². The molecule has 0 spiro atoms. The zero-order valence-corrected chi connectivity index (χ0v) is 16.4. The Balaban J connectivity index is 2.81. The maximum atomic E-state index is 5.32. The third-order valence-corrected chi connectivity index (χ3v) is 7.97. The van der Waals surface area contributed by atoms with Gasteiger partial charge in [-0.3, -0.25) is 0 Å². The summed E-state index contributed by atoms with van der Waals surface area (Å²) in [4.78, 5) is 0. The molecule has 0 heterocycles. The van der Waals surface area contributed by atoms with E-state index in [1.54, 1.807) is 0 Å². The summed E-state index contributed by atoms with van der Waals surface area (Å²) in [5.41, 5.74) is 0. The van der Waals surface area contributed by atoms with E-state index >= 15 is 0 Å². The molecule has 1 nitrogen and oxygen atoms in total. The molecule has 0 unspecified atom stereocenters. The van der Waals surface area contributed by atoms with E-state index in [1.165, 1.54) is 68.6 Å². The van der Waals surface area contributed by atoms with Crippen molar-refractivity contribution in [2.24, 2.45) is 0 Å². The van der Waals surface area contributed by atoms with E-state index < -0.39 is 0 Å². The van der Waals surface area contributed by atoms with E-state index in [0.717, 1.165) is 22.9 Å². The number of hydrogen-bond acceptors (Lipinski definition) is 1. The summed E-state index contributed by atoms with van der Waals surface area (Å²) in [5.74, 6) is 0. The van der Waals surface area contributed by atoms with Crippen molar-refractivity contribution in [3.05, 3.63) is 0 Å². The molecule has 0 aromatic carbocycles. The van der Waals surface area contributed by atoms with Gasteiger partial charge in [0.25, 0.3) is 0 Å². The average molecular weight is 424 g/mol. The first-order valence-corrected chi connectivity index (χ1v) is 11.0.